The van der Waals surface area contributed by atoms with Crippen molar-refractivity contribution >= 4 is 5.82 Å². The Morgan fingerprint density at radius 2 is 2.10 bits per heavy atom. The Morgan fingerprint density at radius 1 is 1.30 bits per heavy atom. The van der Waals surface area contributed by atoms with Crippen LogP contribution in [0.4, 0.5) is 5.82 Å². The number of aromatic nitrogens is 2. The molecule has 2 aromatic rings. The summed E-state index contributed by atoms with van der Waals surface area (Å²) in [5.41, 5.74) is 2.13. The number of hydrogen-bond acceptors (Lipinski definition) is 5. The minimum atomic E-state index is 0.0698. The van der Waals surface area contributed by atoms with Crippen LogP contribution in [0.15, 0.2) is 35.4 Å². The van der Waals surface area contributed by atoms with Crippen LogP contribution in [-0.2, 0) is 13.1 Å². The lowest BCUT2D eigenvalue weighted by Gasteiger charge is -2.21. The number of furan rings is 1. The molecule has 5 nitrogen and oxygen atoms in total. The number of anilines is 1. The van der Waals surface area contributed by atoms with Crippen LogP contribution in [0.1, 0.15) is 32.0 Å². The van der Waals surface area contributed by atoms with E-state index in [9.17, 15) is 0 Å². The van der Waals surface area contributed by atoms with Gasteiger partial charge in [0.15, 0.2) is 0 Å². The second-order valence-electron chi connectivity index (χ2n) is 5.96. The zero-order valence-electron chi connectivity index (χ0n) is 12.6. The van der Waals surface area contributed by atoms with Crippen molar-refractivity contribution in [2.24, 2.45) is 0 Å². The molecule has 1 N–H and O–H groups in total. The quantitative estimate of drug-likeness (QED) is 0.908. The van der Waals surface area contributed by atoms with Crippen molar-refractivity contribution in [3.8, 4) is 0 Å². The van der Waals surface area contributed by atoms with E-state index < -0.39 is 0 Å². The van der Waals surface area contributed by atoms with E-state index in [-0.39, 0.29) is 5.54 Å². The van der Waals surface area contributed by atoms with E-state index in [0.717, 1.165) is 23.6 Å². The van der Waals surface area contributed by atoms with Gasteiger partial charge in [-0.2, -0.15) is 0 Å². The van der Waals surface area contributed by atoms with Crippen molar-refractivity contribution in [2.45, 2.75) is 39.4 Å². The van der Waals surface area contributed by atoms with Gasteiger partial charge in [-0.05, 0) is 26.8 Å². The highest BCUT2D eigenvalue weighted by atomic mass is 16.3. The fourth-order valence-corrected chi connectivity index (χ4v) is 1.76. The standard InChI is InChI=1S/C15H22N4O/c1-15(2,3)17-8-13-7-16-9-14(18-13)19(4)10-12-5-6-20-11-12/h5-7,9,11,17H,8,10H2,1-4H3. The lowest BCUT2D eigenvalue weighted by molar-refractivity contribution is 0.421. The van der Waals surface area contributed by atoms with Crippen molar-refractivity contribution < 1.29 is 4.42 Å². The van der Waals surface area contributed by atoms with E-state index in [0.29, 0.717) is 6.54 Å². The van der Waals surface area contributed by atoms with Gasteiger partial charge in [-0.15, -0.1) is 0 Å². The van der Waals surface area contributed by atoms with Gasteiger partial charge in [0.05, 0.1) is 24.4 Å². The minimum absolute atomic E-state index is 0.0698. The Labute approximate surface area is 120 Å². The van der Waals surface area contributed by atoms with Gasteiger partial charge >= 0.3 is 0 Å². The molecule has 0 radical (unpaired) electrons. The molecule has 20 heavy (non-hydrogen) atoms. The first-order chi connectivity index (χ1) is 9.44. The molecular formula is C15H22N4O. The average molecular weight is 274 g/mol. The second-order valence-corrected chi connectivity index (χ2v) is 5.96. The monoisotopic (exact) mass is 274 g/mol. The summed E-state index contributed by atoms with van der Waals surface area (Å²) in [7, 11) is 2.00. The molecule has 0 atom stereocenters. The third kappa shape index (κ3) is 4.35. The first-order valence-corrected chi connectivity index (χ1v) is 6.72. The highest BCUT2D eigenvalue weighted by molar-refractivity contribution is 5.36. The number of nitrogens with zero attached hydrogens (tertiary/aromatic N) is 3. The van der Waals surface area contributed by atoms with Crippen molar-refractivity contribution in [1.82, 2.24) is 15.3 Å². The van der Waals surface area contributed by atoms with Crippen molar-refractivity contribution in [3.63, 3.8) is 0 Å². The third-order valence-electron chi connectivity index (χ3n) is 2.86. The van der Waals surface area contributed by atoms with E-state index in [1.54, 1.807) is 24.9 Å². The lowest BCUT2D eigenvalue weighted by atomic mass is 10.1. The number of hydrogen-bond donors (Lipinski definition) is 1. The smallest absolute Gasteiger partial charge is 0.147 e. The van der Waals surface area contributed by atoms with Crippen molar-refractivity contribution in [1.29, 1.82) is 0 Å². The van der Waals surface area contributed by atoms with Gasteiger partial charge in [-0.3, -0.25) is 4.98 Å². The van der Waals surface area contributed by atoms with Crippen LogP contribution in [0.3, 0.4) is 0 Å². The molecule has 0 spiro atoms. The maximum Gasteiger partial charge on any atom is 0.147 e. The molecule has 0 unspecified atom stereocenters. The molecule has 0 fully saturated rings. The van der Waals surface area contributed by atoms with Crippen LogP contribution in [0.2, 0.25) is 0 Å². The van der Waals surface area contributed by atoms with Gasteiger partial charge in [-0.25, -0.2) is 4.98 Å². The van der Waals surface area contributed by atoms with Gasteiger partial charge in [0.1, 0.15) is 5.82 Å². The number of rotatable bonds is 5. The summed E-state index contributed by atoms with van der Waals surface area (Å²) >= 11 is 0. The SMILES string of the molecule is CN(Cc1ccoc1)c1cncc(CNC(C)(C)C)n1. The zero-order valence-corrected chi connectivity index (χ0v) is 12.6. The summed E-state index contributed by atoms with van der Waals surface area (Å²) in [5, 5.41) is 3.41. The fourth-order valence-electron chi connectivity index (χ4n) is 1.76. The topological polar surface area (TPSA) is 54.2 Å². The Bertz CT molecular complexity index is 531. The average Bonchev–Trinajstić information content (AvgIpc) is 2.89. The number of nitrogens with one attached hydrogen (secondary N) is 1. The van der Waals surface area contributed by atoms with Crippen LogP contribution in [0, 0.1) is 0 Å². The Morgan fingerprint density at radius 3 is 2.75 bits per heavy atom. The molecule has 2 rings (SSSR count). The first kappa shape index (κ1) is 14.5. The Balaban J connectivity index is 2.01. The van der Waals surface area contributed by atoms with Crippen molar-refractivity contribution in [2.75, 3.05) is 11.9 Å². The summed E-state index contributed by atoms with van der Waals surface area (Å²) in [4.78, 5) is 10.9. The van der Waals surface area contributed by atoms with Crippen LogP contribution < -0.4 is 10.2 Å². The Hall–Kier alpha value is -1.88. The second kappa shape index (κ2) is 6.05. The summed E-state index contributed by atoms with van der Waals surface area (Å²) in [5.74, 6) is 0.861. The first-order valence-electron chi connectivity index (χ1n) is 6.72. The van der Waals surface area contributed by atoms with Crippen LogP contribution in [0.5, 0.6) is 0 Å². The predicted octanol–water partition coefficient (Wildman–Crippen LogP) is 2.59. The van der Waals surface area contributed by atoms with Gasteiger partial charge in [0.25, 0.3) is 0 Å². The molecule has 0 amide bonds. The van der Waals surface area contributed by atoms with Crippen molar-refractivity contribution in [3.05, 3.63) is 42.2 Å². The molecule has 0 saturated heterocycles. The van der Waals surface area contributed by atoms with Gasteiger partial charge < -0.3 is 14.6 Å². The van der Waals surface area contributed by atoms with E-state index in [2.05, 4.69) is 41.0 Å². The van der Waals surface area contributed by atoms with Gasteiger partial charge in [-0.1, -0.05) is 0 Å². The molecule has 5 heteroatoms. The maximum atomic E-state index is 5.08. The largest absolute Gasteiger partial charge is 0.472 e. The van der Waals surface area contributed by atoms with E-state index in [1.807, 2.05) is 13.1 Å². The van der Waals surface area contributed by atoms with Gasteiger partial charge in [0.2, 0.25) is 0 Å². The molecule has 0 aromatic carbocycles. The molecular weight excluding hydrogens is 252 g/mol. The zero-order chi connectivity index (χ0) is 14.6. The molecule has 2 aromatic heterocycles. The highest BCUT2D eigenvalue weighted by Crippen LogP contribution is 2.12. The third-order valence-corrected chi connectivity index (χ3v) is 2.86. The predicted molar refractivity (Wildman–Crippen MR) is 79.4 cm³/mol. The van der Waals surface area contributed by atoms with E-state index >= 15 is 0 Å². The molecule has 108 valence electrons. The van der Waals surface area contributed by atoms with E-state index in [4.69, 9.17) is 4.42 Å². The molecule has 0 aliphatic rings. The van der Waals surface area contributed by atoms with Crippen LogP contribution in [0.25, 0.3) is 0 Å². The minimum Gasteiger partial charge on any atom is -0.472 e. The summed E-state index contributed by atoms with van der Waals surface area (Å²) in [6, 6.07) is 1.95. The lowest BCUT2D eigenvalue weighted by Crippen LogP contribution is -2.35. The normalized spacial score (nSPS) is 11.6. The summed E-state index contributed by atoms with van der Waals surface area (Å²) in [6.07, 6.45) is 7.00. The summed E-state index contributed by atoms with van der Waals surface area (Å²) < 4.78 is 5.08. The van der Waals surface area contributed by atoms with Crippen LogP contribution >= 0.6 is 0 Å². The molecule has 0 bridgehead atoms. The van der Waals surface area contributed by atoms with Gasteiger partial charge in [0, 0.05) is 37.4 Å². The van der Waals surface area contributed by atoms with Crippen LogP contribution in [-0.4, -0.2) is 22.6 Å². The molecule has 0 saturated carbocycles. The molecule has 0 aliphatic heterocycles. The van der Waals surface area contributed by atoms with E-state index in [1.165, 1.54) is 0 Å². The highest BCUT2D eigenvalue weighted by Gasteiger charge is 2.10. The fraction of sp³-hybridized carbons (Fsp3) is 0.467. The molecule has 2 heterocycles. The maximum absolute atomic E-state index is 5.08. The molecule has 0 aliphatic carbocycles. The summed E-state index contributed by atoms with van der Waals surface area (Å²) in [6.45, 7) is 7.87. The Kier molecular flexibility index (Phi) is 4.39.